The van der Waals surface area contributed by atoms with Crippen molar-refractivity contribution >= 4 is 22.6 Å². The Morgan fingerprint density at radius 3 is 2.49 bits per heavy atom. The molecule has 1 aliphatic carbocycles. The zero-order valence-electron chi connectivity index (χ0n) is 30.0. The van der Waals surface area contributed by atoms with Gasteiger partial charge in [0, 0.05) is 43.6 Å². The van der Waals surface area contributed by atoms with E-state index in [1.165, 1.54) is 14.7 Å². The number of nitrogens with one attached hydrogen (secondary N) is 1. The quantitative estimate of drug-likeness (QED) is 0.237. The molecule has 2 fully saturated rings. The zero-order valence-corrected chi connectivity index (χ0v) is 30.0. The molecule has 0 radical (unpaired) electrons. The lowest BCUT2D eigenvalue weighted by molar-refractivity contribution is 0.0917. The van der Waals surface area contributed by atoms with Gasteiger partial charge in [-0.15, -0.1) is 0 Å². The summed E-state index contributed by atoms with van der Waals surface area (Å²) in [5, 5.41) is 3.13. The third-order valence-electron chi connectivity index (χ3n) is 10.8. The highest BCUT2D eigenvalue weighted by molar-refractivity contribution is 5.93. The fraction of sp³-hybridized carbons (Fsp3) is 0.341. The highest BCUT2D eigenvalue weighted by Gasteiger charge is 2.29. The second kappa shape index (κ2) is 14.5. The minimum absolute atomic E-state index is 0.0385. The SMILES string of the molecule is Cc1cccc2nc(C(=O)NC3CCC(n4c(=O)c5cc(F)cnc5n(-c5cccc(-c6ccc(CN7CCCN(C)CC7)cc6)c5)c4=O)CC3)cn12. The molecular weight excluding hydrogens is 672 g/mol. The van der Waals surface area contributed by atoms with Crippen molar-refractivity contribution in [2.45, 2.75) is 57.7 Å². The number of hydrogen-bond acceptors (Lipinski definition) is 7. The first-order chi connectivity index (χ1) is 25.7. The fourth-order valence-corrected chi connectivity index (χ4v) is 7.88. The summed E-state index contributed by atoms with van der Waals surface area (Å²) in [5.41, 5.74) is 4.71. The predicted molar refractivity (Wildman–Crippen MR) is 203 cm³/mol. The van der Waals surface area contributed by atoms with Crippen LogP contribution in [-0.2, 0) is 6.54 Å². The number of imidazole rings is 1. The van der Waals surface area contributed by atoms with Gasteiger partial charge in [-0.1, -0.05) is 42.5 Å². The van der Waals surface area contributed by atoms with Crippen LogP contribution < -0.4 is 16.6 Å². The molecule has 1 saturated heterocycles. The van der Waals surface area contributed by atoms with Gasteiger partial charge < -0.3 is 14.6 Å². The molecule has 5 heterocycles. The van der Waals surface area contributed by atoms with E-state index in [0.717, 1.165) is 68.2 Å². The Morgan fingerprint density at radius 2 is 1.70 bits per heavy atom. The van der Waals surface area contributed by atoms with Crippen molar-refractivity contribution in [3.63, 3.8) is 0 Å². The van der Waals surface area contributed by atoms with E-state index in [-0.39, 0.29) is 23.0 Å². The van der Waals surface area contributed by atoms with Crippen molar-refractivity contribution in [3.8, 4) is 16.8 Å². The Kier molecular flexibility index (Phi) is 9.48. The Morgan fingerprint density at radius 1 is 0.906 bits per heavy atom. The molecule has 272 valence electrons. The van der Waals surface area contributed by atoms with Crippen LogP contribution in [0.15, 0.2) is 94.8 Å². The van der Waals surface area contributed by atoms with E-state index >= 15 is 0 Å². The lowest BCUT2D eigenvalue weighted by atomic mass is 9.90. The molecule has 1 amide bonds. The minimum atomic E-state index is -0.652. The van der Waals surface area contributed by atoms with Crippen LogP contribution in [0.1, 0.15) is 59.9 Å². The summed E-state index contributed by atoms with van der Waals surface area (Å²) in [6.45, 7) is 7.17. The van der Waals surface area contributed by atoms with Crippen molar-refractivity contribution in [2.24, 2.45) is 0 Å². The van der Waals surface area contributed by atoms with Gasteiger partial charge in [0.25, 0.3) is 11.5 Å². The average molecular weight is 715 g/mol. The third kappa shape index (κ3) is 7.04. The Bertz CT molecular complexity index is 2430. The van der Waals surface area contributed by atoms with Gasteiger partial charge in [0.05, 0.1) is 17.3 Å². The summed E-state index contributed by atoms with van der Waals surface area (Å²) in [7, 11) is 2.17. The van der Waals surface area contributed by atoms with Gasteiger partial charge in [-0.05, 0) is 106 Å². The fourth-order valence-electron chi connectivity index (χ4n) is 7.88. The zero-order chi connectivity index (χ0) is 36.6. The number of pyridine rings is 2. The standard InChI is InChI=1S/C41H43FN8O3/c1-27-6-3-9-37-45-36(26-48(27)37)39(51)44-32-14-16-33(17-15-32)50-40(52)35-23-31(42)24-43-38(35)49(41(50)53)34-8-4-7-30(22-34)29-12-10-28(11-13-29)25-47-19-5-18-46(2)20-21-47/h3-4,6-13,22-24,26,32-33H,5,14-21,25H2,1-2H3,(H,44,51). The van der Waals surface area contributed by atoms with E-state index in [0.29, 0.717) is 42.7 Å². The third-order valence-corrected chi connectivity index (χ3v) is 10.8. The highest BCUT2D eigenvalue weighted by Crippen LogP contribution is 2.29. The molecule has 0 spiro atoms. The first kappa shape index (κ1) is 34.6. The molecule has 1 saturated carbocycles. The van der Waals surface area contributed by atoms with E-state index in [1.807, 2.05) is 53.8 Å². The molecule has 2 aliphatic rings. The van der Waals surface area contributed by atoms with Crippen molar-refractivity contribution in [3.05, 3.63) is 129 Å². The Labute approximate surface area is 306 Å². The van der Waals surface area contributed by atoms with Gasteiger partial charge in [-0.25, -0.2) is 23.7 Å². The summed E-state index contributed by atoms with van der Waals surface area (Å²) in [6, 6.07) is 22.4. The molecule has 0 unspecified atom stereocenters. The number of fused-ring (bicyclic) bond motifs is 2. The van der Waals surface area contributed by atoms with E-state index in [1.54, 1.807) is 6.20 Å². The van der Waals surface area contributed by atoms with Crippen LogP contribution in [0.5, 0.6) is 0 Å². The van der Waals surface area contributed by atoms with E-state index in [4.69, 9.17) is 0 Å². The summed E-state index contributed by atoms with van der Waals surface area (Å²) in [4.78, 5) is 55.0. The summed E-state index contributed by atoms with van der Waals surface area (Å²) < 4.78 is 19.1. The van der Waals surface area contributed by atoms with Crippen molar-refractivity contribution in [1.82, 2.24) is 38.6 Å². The van der Waals surface area contributed by atoms with Crippen LogP contribution >= 0.6 is 0 Å². The van der Waals surface area contributed by atoms with Gasteiger partial charge in [0.2, 0.25) is 0 Å². The number of aromatic nitrogens is 5. The van der Waals surface area contributed by atoms with E-state index in [2.05, 4.69) is 56.4 Å². The van der Waals surface area contributed by atoms with Crippen LogP contribution in [0.25, 0.3) is 33.5 Å². The lowest BCUT2D eigenvalue weighted by Crippen LogP contribution is -2.45. The van der Waals surface area contributed by atoms with Crippen molar-refractivity contribution in [2.75, 3.05) is 33.2 Å². The minimum Gasteiger partial charge on any atom is -0.348 e. The molecule has 12 heteroatoms. The van der Waals surface area contributed by atoms with Gasteiger partial charge in [0.15, 0.2) is 5.65 Å². The molecule has 8 rings (SSSR count). The monoisotopic (exact) mass is 714 g/mol. The number of nitrogens with zero attached hydrogens (tertiary/aromatic N) is 7. The van der Waals surface area contributed by atoms with Crippen LogP contribution in [0.2, 0.25) is 0 Å². The average Bonchev–Trinajstić information content (AvgIpc) is 3.51. The highest BCUT2D eigenvalue weighted by atomic mass is 19.1. The van der Waals surface area contributed by atoms with Crippen LogP contribution in [0.3, 0.4) is 0 Å². The van der Waals surface area contributed by atoms with Crippen LogP contribution in [0, 0.1) is 12.7 Å². The molecule has 0 bridgehead atoms. The normalized spacial score (nSPS) is 18.7. The second-order valence-electron chi connectivity index (χ2n) is 14.5. The van der Waals surface area contributed by atoms with Gasteiger partial charge >= 0.3 is 5.69 Å². The second-order valence-corrected chi connectivity index (χ2v) is 14.5. The number of carbonyl (C=O) groups excluding carboxylic acids is 1. The molecule has 1 aliphatic heterocycles. The maximum atomic E-state index is 14.6. The smallest absolute Gasteiger partial charge is 0.337 e. The first-order valence-electron chi connectivity index (χ1n) is 18.4. The van der Waals surface area contributed by atoms with Crippen molar-refractivity contribution < 1.29 is 9.18 Å². The maximum absolute atomic E-state index is 14.6. The predicted octanol–water partition coefficient (Wildman–Crippen LogP) is 5.36. The molecular formula is C41H43FN8O3. The van der Waals surface area contributed by atoms with Crippen LogP contribution in [-0.4, -0.2) is 78.5 Å². The number of hydrogen-bond donors (Lipinski definition) is 1. The number of rotatable bonds is 7. The number of aryl methyl sites for hydroxylation is 1. The molecule has 4 aromatic heterocycles. The number of halogens is 1. The molecule has 53 heavy (non-hydrogen) atoms. The van der Waals surface area contributed by atoms with E-state index in [9.17, 15) is 18.8 Å². The topological polar surface area (TPSA) is 110 Å². The molecule has 0 atom stereocenters. The summed E-state index contributed by atoms with van der Waals surface area (Å²) in [5.74, 6) is -0.913. The largest absolute Gasteiger partial charge is 0.348 e. The Balaban J connectivity index is 1.04. The van der Waals surface area contributed by atoms with E-state index < -0.39 is 23.1 Å². The van der Waals surface area contributed by atoms with Gasteiger partial charge in [0.1, 0.15) is 17.2 Å². The number of likely N-dealkylation sites (N-methyl/N-ethyl adjacent to an activating group) is 1. The number of benzene rings is 2. The number of carbonyl (C=O) groups is 1. The van der Waals surface area contributed by atoms with Crippen molar-refractivity contribution in [1.29, 1.82) is 0 Å². The maximum Gasteiger partial charge on any atom is 0.337 e. The van der Waals surface area contributed by atoms with Gasteiger partial charge in [-0.3, -0.25) is 19.1 Å². The number of amides is 1. The first-order valence-corrected chi connectivity index (χ1v) is 18.4. The van der Waals surface area contributed by atoms with Gasteiger partial charge in [-0.2, -0.15) is 0 Å². The molecule has 2 aromatic carbocycles. The summed E-state index contributed by atoms with van der Waals surface area (Å²) >= 11 is 0. The molecule has 1 N–H and O–H groups in total. The molecule has 6 aromatic rings. The van der Waals surface area contributed by atoms with Crippen LogP contribution in [0.4, 0.5) is 4.39 Å². The lowest BCUT2D eigenvalue weighted by Gasteiger charge is -2.30. The molecule has 11 nitrogen and oxygen atoms in total. The summed E-state index contributed by atoms with van der Waals surface area (Å²) in [6.07, 6.45) is 6.02. The Hall–Kier alpha value is -5.46.